The van der Waals surface area contributed by atoms with Crippen LogP contribution in [0.3, 0.4) is 0 Å². The number of aromatic amines is 1. The highest BCUT2D eigenvalue weighted by Crippen LogP contribution is 2.43. The second-order valence-electron chi connectivity index (χ2n) is 22.7. The van der Waals surface area contributed by atoms with Gasteiger partial charge >= 0.3 is 0 Å². The number of benzene rings is 2. The zero-order valence-corrected chi connectivity index (χ0v) is 48.4. The Morgan fingerprint density at radius 3 is 1.19 bits per heavy atom. The van der Waals surface area contributed by atoms with Crippen molar-refractivity contribution in [1.29, 1.82) is 0 Å². The van der Waals surface area contributed by atoms with Gasteiger partial charge in [-0.05, 0) is 92.2 Å². The van der Waals surface area contributed by atoms with Crippen LogP contribution in [0.4, 0.5) is 0 Å². The smallest absolute Gasteiger partial charge is 0.203 e. The lowest BCUT2D eigenvalue weighted by molar-refractivity contribution is 0.234. The Bertz CT molecular complexity index is 1690. The number of hydrogen-bond donors (Lipinski definition) is 1. The number of nitrogens with zero attached hydrogens (tertiary/aromatic N) is 1. The molecular weight excluding hydrogens is 889 g/mol. The molecule has 3 rings (SSSR count). The molecule has 0 aliphatic rings. The molecule has 412 valence electrons. The van der Waals surface area contributed by atoms with Crippen LogP contribution < -0.4 is 23.7 Å². The molecule has 7 nitrogen and oxygen atoms in total. The van der Waals surface area contributed by atoms with Crippen LogP contribution >= 0.6 is 0 Å². The first-order valence-corrected chi connectivity index (χ1v) is 30.7. The summed E-state index contributed by atoms with van der Waals surface area (Å²) in [5, 5.41) is 8.33. The second-order valence-corrected chi connectivity index (χ2v) is 22.7. The van der Waals surface area contributed by atoms with E-state index in [2.05, 4.69) is 104 Å². The Morgan fingerprint density at radius 2 is 0.750 bits per heavy atom. The topological polar surface area (TPSA) is 74.8 Å². The van der Waals surface area contributed by atoms with Crippen LogP contribution in [-0.2, 0) is 0 Å². The third-order valence-electron chi connectivity index (χ3n) is 14.6. The normalized spacial score (nSPS) is 12.5. The Labute approximate surface area is 444 Å². The van der Waals surface area contributed by atoms with Crippen LogP contribution in [-0.4, -0.2) is 43.2 Å². The van der Waals surface area contributed by atoms with E-state index < -0.39 is 0 Å². The first-order valence-electron chi connectivity index (χ1n) is 30.7. The fourth-order valence-corrected chi connectivity index (χ4v) is 9.63. The van der Waals surface area contributed by atoms with Crippen LogP contribution in [0.1, 0.15) is 268 Å². The average molecular weight is 1000 g/mol. The van der Waals surface area contributed by atoms with Crippen molar-refractivity contribution in [3.05, 3.63) is 36.4 Å². The largest absolute Gasteiger partial charge is 0.490 e. The minimum Gasteiger partial charge on any atom is -0.490 e. The molecule has 0 radical (unpaired) electrons. The van der Waals surface area contributed by atoms with Crippen molar-refractivity contribution in [2.75, 3.05) is 33.0 Å². The van der Waals surface area contributed by atoms with Gasteiger partial charge < -0.3 is 23.7 Å². The van der Waals surface area contributed by atoms with Gasteiger partial charge in [-0.3, -0.25) is 5.10 Å². The number of aromatic nitrogens is 2. The molecule has 0 saturated carbocycles. The molecule has 2 aromatic carbocycles. The van der Waals surface area contributed by atoms with Crippen molar-refractivity contribution >= 4 is 0 Å². The van der Waals surface area contributed by atoms with Gasteiger partial charge in [0, 0.05) is 11.1 Å². The fraction of sp³-hybridized carbons (Fsp3) is 0.769. The Balaban J connectivity index is 1.88. The van der Waals surface area contributed by atoms with Gasteiger partial charge in [0.2, 0.25) is 5.75 Å². The Morgan fingerprint density at radius 1 is 0.361 bits per heavy atom. The first kappa shape index (κ1) is 62.9. The lowest BCUT2D eigenvalue weighted by atomic mass is 9.97. The van der Waals surface area contributed by atoms with Gasteiger partial charge in [0.15, 0.2) is 23.0 Å². The monoisotopic (exact) mass is 1000 g/mol. The highest BCUT2D eigenvalue weighted by molar-refractivity contribution is 5.73. The Hall–Kier alpha value is -3.35. The highest BCUT2D eigenvalue weighted by atomic mass is 16.5. The first-order chi connectivity index (χ1) is 35.1. The molecular formula is C65H112N2O5. The van der Waals surface area contributed by atoms with Crippen molar-refractivity contribution in [3.8, 4) is 51.3 Å². The van der Waals surface area contributed by atoms with E-state index >= 15 is 0 Å². The molecule has 0 fully saturated rings. The van der Waals surface area contributed by atoms with E-state index in [1.54, 1.807) is 0 Å². The van der Waals surface area contributed by atoms with Crippen molar-refractivity contribution in [3.63, 3.8) is 0 Å². The number of ether oxygens (including phenoxy) is 5. The van der Waals surface area contributed by atoms with E-state index in [4.69, 9.17) is 28.8 Å². The summed E-state index contributed by atoms with van der Waals surface area (Å²) >= 11 is 0. The van der Waals surface area contributed by atoms with Gasteiger partial charge in [0.25, 0.3) is 0 Å². The molecule has 0 bridgehead atoms. The van der Waals surface area contributed by atoms with E-state index in [0.717, 1.165) is 95.2 Å². The molecule has 0 amide bonds. The third-order valence-corrected chi connectivity index (χ3v) is 14.6. The predicted octanol–water partition coefficient (Wildman–Crippen LogP) is 20.8. The molecule has 3 aromatic rings. The molecule has 0 spiro atoms. The molecule has 72 heavy (non-hydrogen) atoms. The van der Waals surface area contributed by atoms with Crippen LogP contribution in [0.25, 0.3) is 22.5 Å². The van der Waals surface area contributed by atoms with Crippen LogP contribution in [0.15, 0.2) is 36.4 Å². The maximum absolute atomic E-state index is 6.72. The van der Waals surface area contributed by atoms with E-state index in [9.17, 15) is 0 Å². The summed E-state index contributed by atoms with van der Waals surface area (Å²) in [6.07, 6.45) is 39.9. The van der Waals surface area contributed by atoms with Crippen molar-refractivity contribution in [2.24, 2.45) is 23.7 Å². The third kappa shape index (κ3) is 28.9. The zero-order valence-electron chi connectivity index (χ0n) is 48.4. The molecule has 0 aliphatic heterocycles. The Kier molecular flexibility index (Phi) is 35.8. The summed E-state index contributed by atoms with van der Waals surface area (Å²) < 4.78 is 33.3. The van der Waals surface area contributed by atoms with Gasteiger partial charge in [-0.2, -0.15) is 5.10 Å². The minimum atomic E-state index is 0.614. The molecule has 1 aromatic heterocycles. The lowest BCUT2D eigenvalue weighted by Gasteiger charge is -2.19. The summed E-state index contributed by atoms with van der Waals surface area (Å²) in [5.41, 5.74) is 3.75. The summed E-state index contributed by atoms with van der Waals surface area (Å²) in [7, 11) is 0. The van der Waals surface area contributed by atoms with Crippen LogP contribution in [0.2, 0.25) is 0 Å². The maximum atomic E-state index is 6.72. The van der Waals surface area contributed by atoms with E-state index in [0.29, 0.717) is 44.9 Å². The number of nitrogens with one attached hydrogen (secondary N) is 1. The standard InChI is InChI=1S/C65H112N2O5/c1-10-13-16-19-22-25-28-31-44-68-63-50-58(51-64(69-45-32-29-26-23-20-17-14-11-2)65(63)72-46-33-30-27-24-21-18-15-12-3)60-52-59(66-67-60)57-40-41-61(70-47-42-55(8)38-34-36-53(4)5)62(49-57)71-48-43-56(9)39-35-37-54(6)7/h40-41,49-56H,10-39,42-48H2,1-9H3,(H,66,67)/t55-,56-/m0/s1. The molecule has 0 aliphatic carbocycles. The molecule has 2 atom stereocenters. The summed E-state index contributed by atoms with van der Waals surface area (Å²) in [5.74, 6) is 6.63. The van der Waals surface area contributed by atoms with Gasteiger partial charge in [0.1, 0.15) is 0 Å². The average Bonchev–Trinajstić information content (AvgIpc) is 3.86. The van der Waals surface area contributed by atoms with Crippen molar-refractivity contribution in [2.45, 2.75) is 268 Å². The summed E-state index contributed by atoms with van der Waals surface area (Å²) in [4.78, 5) is 0. The van der Waals surface area contributed by atoms with Gasteiger partial charge in [0.05, 0.1) is 44.4 Å². The summed E-state index contributed by atoms with van der Waals surface area (Å²) in [6, 6.07) is 12.8. The van der Waals surface area contributed by atoms with Gasteiger partial charge in [-0.15, -0.1) is 0 Å². The molecule has 0 saturated heterocycles. The maximum Gasteiger partial charge on any atom is 0.203 e. The van der Waals surface area contributed by atoms with Crippen LogP contribution in [0, 0.1) is 23.7 Å². The van der Waals surface area contributed by atoms with Crippen molar-refractivity contribution < 1.29 is 23.7 Å². The number of unbranched alkanes of at least 4 members (excludes halogenated alkanes) is 21. The molecule has 0 unspecified atom stereocenters. The zero-order chi connectivity index (χ0) is 51.9. The van der Waals surface area contributed by atoms with E-state index in [-0.39, 0.29) is 0 Å². The predicted molar refractivity (Wildman–Crippen MR) is 310 cm³/mol. The van der Waals surface area contributed by atoms with Crippen molar-refractivity contribution in [1.82, 2.24) is 10.2 Å². The highest BCUT2D eigenvalue weighted by Gasteiger charge is 2.20. The minimum absolute atomic E-state index is 0.614. The van der Waals surface area contributed by atoms with Gasteiger partial charge in [-0.25, -0.2) is 0 Å². The van der Waals surface area contributed by atoms with E-state index in [1.807, 2.05) is 0 Å². The quantitative estimate of drug-likeness (QED) is 0.0568. The van der Waals surface area contributed by atoms with Gasteiger partial charge in [-0.1, -0.05) is 236 Å². The molecule has 1 N–H and O–H groups in total. The fourth-order valence-electron chi connectivity index (χ4n) is 9.63. The number of rotatable bonds is 48. The number of hydrogen-bond acceptors (Lipinski definition) is 6. The second kappa shape index (κ2) is 41.0. The summed E-state index contributed by atoms with van der Waals surface area (Å²) in [6.45, 7) is 24.2. The molecule has 7 heteroatoms. The van der Waals surface area contributed by atoms with E-state index in [1.165, 1.54) is 173 Å². The SMILES string of the molecule is CCCCCCCCCCOc1cc(-c2cc(-c3ccc(OCC[C@@H](C)CCCC(C)C)c(OCC[C@@H](C)CCCC(C)C)c3)[nH]n2)cc(OCCCCCCCCCC)c1OCCCCCCCCCC. The molecule has 1 heterocycles. The van der Waals surface area contributed by atoms with Crippen LogP contribution in [0.5, 0.6) is 28.7 Å². The lowest BCUT2D eigenvalue weighted by Crippen LogP contribution is -2.08. The number of H-pyrrole nitrogens is 1.